The molecule has 0 aliphatic carbocycles. The number of hydrazone groups is 1. The van der Waals surface area contributed by atoms with Gasteiger partial charge in [0.1, 0.15) is 6.21 Å². The molecule has 0 heterocycles. The second-order valence-corrected chi connectivity index (χ2v) is 3.61. The highest BCUT2D eigenvalue weighted by atomic mass is 32.1. The fourth-order valence-electron chi connectivity index (χ4n) is 1.15. The first-order valence-corrected chi connectivity index (χ1v) is 5.43. The average Bonchev–Trinajstić information content (AvgIpc) is 2.30. The lowest BCUT2D eigenvalue weighted by molar-refractivity contribution is -0.128. The van der Waals surface area contributed by atoms with E-state index in [1.54, 1.807) is 0 Å². The van der Waals surface area contributed by atoms with Crippen LogP contribution in [0, 0.1) is 0 Å². The molecule has 5 nitrogen and oxygen atoms in total. The van der Waals surface area contributed by atoms with Crippen LogP contribution in [0.25, 0.3) is 0 Å². The Kier molecular flexibility index (Phi) is 5.67. The molecule has 0 aromatic heterocycles. The first kappa shape index (κ1) is 13.1. The van der Waals surface area contributed by atoms with Crippen LogP contribution in [0.5, 0.6) is 0 Å². The van der Waals surface area contributed by atoms with Gasteiger partial charge >= 0.3 is 5.97 Å². The van der Waals surface area contributed by atoms with Gasteiger partial charge in [-0.1, -0.05) is 30.3 Å². The van der Waals surface area contributed by atoms with Gasteiger partial charge in [-0.2, -0.15) is 5.10 Å². The summed E-state index contributed by atoms with van der Waals surface area (Å²) in [6, 6.07) is 9.97. The smallest absolute Gasteiger partial charge is 0.348 e. The van der Waals surface area contributed by atoms with E-state index in [1.165, 1.54) is 5.56 Å². The van der Waals surface area contributed by atoms with E-state index >= 15 is 0 Å². The molecule has 0 aliphatic rings. The van der Waals surface area contributed by atoms with Crippen LogP contribution < -0.4 is 10.7 Å². The zero-order valence-corrected chi connectivity index (χ0v) is 9.91. The van der Waals surface area contributed by atoms with Crippen LogP contribution in [-0.4, -0.2) is 28.9 Å². The summed E-state index contributed by atoms with van der Waals surface area (Å²) < 4.78 is 0. The summed E-state index contributed by atoms with van der Waals surface area (Å²) in [4.78, 5) is 10.1. The maximum atomic E-state index is 10.1. The fraction of sp³-hybridized carbons (Fsp3) is 0.182. The second-order valence-electron chi connectivity index (χ2n) is 3.20. The Bertz CT molecular complexity index is 406. The van der Waals surface area contributed by atoms with Gasteiger partial charge in [0.2, 0.25) is 0 Å². The van der Waals surface area contributed by atoms with E-state index in [0.717, 1.165) is 12.6 Å². The predicted molar refractivity (Wildman–Crippen MR) is 70.0 cm³/mol. The molecule has 1 aromatic carbocycles. The van der Waals surface area contributed by atoms with Crippen LogP contribution in [0.3, 0.4) is 0 Å². The molecule has 0 unspecified atom stereocenters. The van der Waals surface area contributed by atoms with Crippen molar-refractivity contribution in [1.82, 2.24) is 10.7 Å². The standard InChI is InChI=1S/C11H13N3O2S/c15-10(16)8-13-14-11(17)12-7-6-9-4-2-1-3-5-9/h1-5,8H,6-7H2,(H,15,16)(H2,12,14,17)/b13-8-. The Morgan fingerprint density at radius 2 is 2.12 bits per heavy atom. The lowest BCUT2D eigenvalue weighted by Crippen LogP contribution is -2.33. The Morgan fingerprint density at radius 3 is 2.76 bits per heavy atom. The molecule has 1 aromatic rings. The van der Waals surface area contributed by atoms with E-state index in [-0.39, 0.29) is 0 Å². The summed E-state index contributed by atoms with van der Waals surface area (Å²) in [6.45, 7) is 0.665. The molecule has 0 aliphatic heterocycles. The van der Waals surface area contributed by atoms with Crippen LogP contribution in [0.4, 0.5) is 0 Å². The van der Waals surface area contributed by atoms with Crippen LogP contribution in [0.2, 0.25) is 0 Å². The van der Waals surface area contributed by atoms with Crippen molar-refractivity contribution in [2.45, 2.75) is 6.42 Å². The van der Waals surface area contributed by atoms with Gasteiger partial charge < -0.3 is 10.4 Å². The van der Waals surface area contributed by atoms with Gasteiger partial charge in [0.05, 0.1) is 0 Å². The molecule has 17 heavy (non-hydrogen) atoms. The van der Waals surface area contributed by atoms with Crippen LogP contribution in [0.1, 0.15) is 5.56 Å². The number of carbonyl (C=O) groups is 1. The minimum atomic E-state index is -1.12. The number of nitrogens with zero attached hydrogens (tertiary/aromatic N) is 1. The SMILES string of the molecule is O=C(O)/C=N\NC(=S)NCCc1ccccc1. The Labute approximate surface area is 105 Å². The zero-order valence-electron chi connectivity index (χ0n) is 9.09. The fourth-order valence-corrected chi connectivity index (χ4v) is 1.31. The Morgan fingerprint density at radius 1 is 1.41 bits per heavy atom. The van der Waals surface area contributed by atoms with Crippen LogP contribution in [-0.2, 0) is 11.2 Å². The molecule has 3 N–H and O–H groups in total. The Hall–Kier alpha value is -1.95. The first-order chi connectivity index (χ1) is 8.18. The third kappa shape index (κ3) is 6.26. The van der Waals surface area contributed by atoms with Crippen molar-refractivity contribution in [3.8, 4) is 0 Å². The summed E-state index contributed by atoms with van der Waals surface area (Å²) in [6.07, 6.45) is 1.58. The van der Waals surface area contributed by atoms with Crippen molar-refractivity contribution < 1.29 is 9.90 Å². The van der Waals surface area contributed by atoms with Gasteiger partial charge in [-0.3, -0.25) is 5.43 Å². The van der Waals surface area contributed by atoms with Gasteiger partial charge in [0.15, 0.2) is 5.11 Å². The molecular formula is C11H13N3O2S. The van der Waals surface area contributed by atoms with Crippen LogP contribution in [0.15, 0.2) is 35.4 Å². The van der Waals surface area contributed by atoms with Gasteiger partial charge in [0.25, 0.3) is 0 Å². The molecule has 6 heteroatoms. The number of nitrogens with one attached hydrogen (secondary N) is 2. The monoisotopic (exact) mass is 251 g/mol. The van der Waals surface area contributed by atoms with E-state index in [9.17, 15) is 4.79 Å². The lowest BCUT2D eigenvalue weighted by Gasteiger charge is -2.06. The molecule has 0 saturated heterocycles. The average molecular weight is 251 g/mol. The molecule has 1 rings (SSSR count). The summed E-state index contributed by atoms with van der Waals surface area (Å²) in [5, 5.41) is 14.9. The van der Waals surface area contributed by atoms with E-state index < -0.39 is 5.97 Å². The minimum absolute atomic E-state index is 0.304. The number of benzene rings is 1. The van der Waals surface area contributed by atoms with Gasteiger partial charge in [-0.15, -0.1) is 0 Å². The highest BCUT2D eigenvalue weighted by Gasteiger charge is 1.94. The highest BCUT2D eigenvalue weighted by Crippen LogP contribution is 1.97. The molecule has 0 bridgehead atoms. The number of aliphatic carboxylic acids is 1. The zero-order chi connectivity index (χ0) is 12.5. The number of rotatable bonds is 5. The minimum Gasteiger partial charge on any atom is -0.477 e. The predicted octanol–water partition coefficient (Wildman–Crippen LogP) is 0.764. The molecular weight excluding hydrogens is 238 g/mol. The van der Waals surface area contributed by atoms with E-state index in [2.05, 4.69) is 15.8 Å². The normalized spacial score (nSPS) is 10.1. The highest BCUT2D eigenvalue weighted by molar-refractivity contribution is 7.80. The molecule has 90 valence electrons. The second kappa shape index (κ2) is 7.34. The van der Waals surface area contributed by atoms with E-state index in [0.29, 0.717) is 11.7 Å². The van der Waals surface area contributed by atoms with E-state index in [4.69, 9.17) is 17.3 Å². The van der Waals surface area contributed by atoms with Crippen molar-refractivity contribution in [2.24, 2.45) is 5.10 Å². The largest absolute Gasteiger partial charge is 0.477 e. The van der Waals surface area contributed by atoms with Crippen molar-refractivity contribution in [3.63, 3.8) is 0 Å². The number of hydrogen-bond donors (Lipinski definition) is 3. The van der Waals surface area contributed by atoms with Gasteiger partial charge in [-0.05, 0) is 24.2 Å². The first-order valence-electron chi connectivity index (χ1n) is 5.02. The maximum Gasteiger partial charge on any atom is 0.348 e. The third-order valence-corrected chi connectivity index (χ3v) is 2.12. The maximum absolute atomic E-state index is 10.1. The van der Waals surface area contributed by atoms with Crippen molar-refractivity contribution in [3.05, 3.63) is 35.9 Å². The molecule has 0 spiro atoms. The topological polar surface area (TPSA) is 73.7 Å². The molecule has 0 radical (unpaired) electrons. The molecule has 0 saturated carbocycles. The van der Waals surface area contributed by atoms with E-state index in [1.807, 2.05) is 30.3 Å². The lowest BCUT2D eigenvalue weighted by atomic mass is 10.1. The van der Waals surface area contributed by atoms with Gasteiger partial charge in [0, 0.05) is 6.54 Å². The van der Waals surface area contributed by atoms with Crippen molar-refractivity contribution >= 4 is 29.5 Å². The summed E-state index contributed by atoms with van der Waals surface area (Å²) in [7, 11) is 0. The number of carboxylic acid groups (broad SMARTS) is 1. The van der Waals surface area contributed by atoms with Crippen molar-refractivity contribution in [2.75, 3.05) is 6.54 Å². The summed E-state index contributed by atoms with van der Waals surface area (Å²) in [5.74, 6) is -1.12. The number of thiocarbonyl (C=S) groups is 1. The number of carboxylic acids is 1. The molecule has 0 fully saturated rings. The third-order valence-electron chi connectivity index (χ3n) is 1.88. The quantitative estimate of drug-likeness (QED) is 0.409. The molecule has 0 atom stereocenters. The molecule has 0 amide bonds. The van der Waals surface area contributed by atoms with Crippen LogP contribution >= 0.6 is 12.2 Å². The van der Waals surface area contributed by atoms with Crippen molar-refractivity contribution in [1.29, 1.82) is 0 Å². The van der Waals surface area contributed by atoms with Gasteiger partial charge in [-0.25, -0.2) is 4.79 Å². The number of hydrogen-bond acceptors (Lipinski definition) is 3. The summed E-state index contributed by atoms with van der Waals surface area (Å²) >= 11 is 4.89. The Balaban J connectivity index is 2.18. The summed E-state index contributed by atoms with van der Waals surface area (Å²) in [5.41, 5.74) is 3.61.